The van der Waals surface area contributed by atoms with Gasteiger partial charge in [0.1, 0.15) is 5.69 Å². The molecule has 8 nitrogen and oxygen atoms in total. The van der Waals surface area contributed by atoms with E-state index in [4.69, 9.17) is 5.26 Å². The second kappa shape index (κ2) is 13.9. The molecule has 4 aromatic rings. The lowest BCUT2D eigenvalue weighted by molar-refractivity contribution is 0.0981. The summed E-state index contributed by atoms with van der Waals surface area (Å²) in [6.07, 6.45) is 8.75. The first-order chi connectivity index (χ1) is 18.8. The highest BCUT2D eigenvalue weighted by atomic mass is 16.2. The number of rotatable bonds is 9. The largest absolute Gasteiger partial charge is 0.350 e. The minimum atomic E-state index is -0.312. The van der Waals surface area contributed by atoms with Crippen molar-refractivity contribution in [3.8, 4) is 6.07 Å². The van der Waals surface area contributed by atoms with Crippen molar-refractivity contribution in [2.75, 3.05) is 5.32 Å². The monoisotopic (exact) mass is 525 g/mol. The average molecular weight is 526 g/mol. The van der Waals surface area contributed by atoms with Crippen molar-refractivity contribution in [1.29, 1.82) is 5.26 Å². The Labute approximate surface area is 228 Å². The number of nitriles is 1. The number of anilines is 1. The Balaban J connectivity index is 0.000000320. The summed E-state index contributed by atoms with van der Waals surface area (Å²) in [5.41, 5.74) is 4.06. The minimum absolute atomic E-state index is 0.0392. The Bertz CT molecular complexity index is 1540. The maximum absolute atomic E-state index is 12.6. The molecule has 1 amide bonds. The lowest BCUT2D eigenvalue weighted by Crippen LogP contribution is -2.13. The second-order valence-corrected chi connectivity index (χ2v) is 9.40. The number of nitrogens with one attached hydrogen (secondary N) is 2. The van der Waals surface area contributed by atoms with Crippen LogP contribution in [0.5, 0.6) is 0 Å². The van der Waals surface area contributed by atoms with Crippen LogP contribution in [-0.4, -0.2) is 26.2 Å². The summed E-state index contributed by atoms with van der Waals surface area (Å²) in [7, 11) is 2.07. The van der Waals surface area contributed by atoms with Crippen LogP contribution in [0, 0.1) is 11.3 Å². The highest BCUT2D eigenvalue weighted by Crippen LogP contribution is 2.34. The summed E-state index contributed by atoms with van der Waals surface area (Å²) in [6.45, 7) is 6.21. The van der Waals surface area contributed by atoms with Crippen molar-refractivity contribution in [2.24, 2.45) is 7.05 Å². The van der Waals surface area contributed by atoms with E-state index in [0.29, 0.717) is 23.6 Å². The van der Waals surface area contributed by atoms with Gasteiger partial charge in [0.2, 0.25) is 5.56 Å². The number of carbonyl (C=O) groups is 2. The third-order valence-electron chi connectivity index (χ3n) is 6.50. The van der Waals surface area contributed by atoms with E-state index in [1.54, 1.807) is 25.1 Å². The number of aromatic amines is 1. The van der Waals surface area contributed by atoms with Gasteiger partial charge < -0.3 is 14.9 Å². The first kappa shape index (κ1) is 29.1. The van der Waals surface area contributed by atoms with Crippen LogP contribution < -0.4 is 10.9 Å². The molecule has 0 saturated carbocycles. The van der Waals surface area contributed by atoms with E-state index in [2.05, 4.69) is 53.0 Å². The standard InChI is InChI=1S/C23H26N4O.C8H9NO2/c1-4-6-17(7-5-2)20-15-27(3)22-9-8-18(13-19(20)22)26-23(28)21-12-16(14-24)10-11-25-21;1-2-7(10)6-4-3-5-8(11)9-6/h8-13,15,17H,4-7H2,1-3H3,(H,26,28);3-5H,2H2,1H3,(H,9,11). The maximum atomic E-state index is 12.6. The predicted octanol–water partition coefficient (Wildman–Crippen LogP) is 6.35. The van der Waals surface area contributed by atoms with Gasteiger partial charge in [0.15, 0.2) is 5.78 Å². The van der Waals surface area contributed by atoms with E-state index >= 15 is 0 Å². The van der Waals surface area contributed by atoms with Crippen LogP contribution in [0.3, 0.4) is 0 Å². The van der Waals surface area contributed by atoms with Crippen LogP contribution in [0.4, 0.5) is 5.69 Å². The van der Waals surface area contributed by atoms with Crippen LogP contribution in [0.2, 0.25) is 0 Å². The number of H-pyrrole nitrogens is 1. The summed E-state index contributed by atoms with van der Waals surface area (Å²) in [5, 5.41) is 13.1. The van der Waals surface area contributed by atoms with Crippen molar-refractivity contribution in [2.45, 2.75) is 58.8 Å². The van der Waals surface area contributed by atoms with Gasteiger partial charge >= 0.3 is 0 Å². The Morgan fingerprint density at radius 1 is 1.08 bits per heavy atom. The number of Topliss-reactive ketones (excluding diaryl/α,β-unsaturated/α-hetero) is 1. The van der Waals surface area contributed by atoms with E-state index in [1.807, 2.05) is 18.2 Å². The Morgan fingerprint density at radius 2 is 1.82 bits per heavy atom. The van der Waals surface area contributed by atoms with E-state index in [-0.39, 0.29) is 22.9 Å². The maximum Gasteiger partial charge on any atom is 0.274 e. The molecule has 8 heteroatoms. The topological polar surface area (TPSA) is 121 Å². The molecule has 1 aromatic carbocycles. The third-order valence-corrected chi connectivity index (χ3v) is 6.50. The highest BCUT2D eigenvalue weighted by molar-refractivity contribution is 6.04. The Morgan fingerprint density at radius 3 is 2.46 bits per heavy atom. The molecule has 0 bridgehead atoms. The van der Waals surface area contributed by atoms with Crippen molar-refractivity contribution in [3.63, 3.8) is 0 Å². The van der Waals surface area contributed by atoms with Crippen molar-refractivity contribution < 1.29 is 9.59 Å². The summed E-state index contributed by atoms with van der Waals surface area (Å²) in [6, 6.07) is 15.7. The molecule has 0 aliphatic rings. The molecule has 0 saturated heterocycles. The molecular weight excluding hydrogens is 490 g/mol. The van der Waals surface area contributed by atoms with Gasteiger partial charge in [-0.1, -0.05) is 39.7 Å². The zero-order chi connectivity index (χ0) is 28.4. The second-order valence-electron chi connectivity index (χ2n) is 9.40. The fraction of sp³-hybridized carbons (Fsp3) is 0.323. The summed E-state index contributed by atoms with van der Waals surface area (Å²) < 4.78 is 2.16. The van der Waals surface area contributed by atoms with Gasteiger partial charge in [-0.2, -0.15) is 5.26 Å². The first-order valence-electron chi connectivity index (χ1n) is 13.3. The number of hydrogen-bond donors (Lipinski definition) is 2. The predicted molar refractivity (Wildman–Crippen MR) is 154 cm³/mol. The minimum Gasteiger partial charge on any atom is -0.350 e. The fourth-order valence-electron chi connectivity index (χ4n) is 4.60. The molecule has 3 aromatic heterocycles. The van der Waals surface area contributed by atoms with Crippen LogP contribution in [0.25, 0.3) is 10.9 Å². The number of hydrogen-bond acceptors (Lipinski definition) is 5. The molecule has 0 fully saturated rings. The Hall–Kier alpha value is -4.51. The number of ketones is 1. The van der Waals surface area contributed by atoms with E-state index in [9.17, 15) is 14.4 Å². The quantitative estimate of drug-likeness (QED) is 0.247. The highest BCUT2D eigenvalue weighted by Gasteiger charge is 2.17. The molecule has 0 aliphatic heterocycles. The van der Waals surface area contributed by atoms with Gasteiger partial charge in [0, 0.05) is 48.5 Å². The van der Waals surface area contributed by atoms with Gasteiger partial charge in [0.25, 0.3) is 5.91 Å². The number of amides is 1. The van der Waals surface area contributed by atoms with Crippen LogP contribution >= 0.6 is 0 Å². The van der Waals surface area contributed by atoms with Crippen LogP contribution in [0.15, 0.2) is 65.7 Å². The number of fused-ring (bicyclic) bond motifs is 1. The molecule has 39 heavy (non-hydrogen) atoms. The molecule has 2 N–H and O–H groups in total. The van der Waals surface area contributed by atoms with Crippen molar-refractivity contribution >= 4 is 28.3 Å². The molecule has 0 radical (unpaired) electrons. The SMILES string of the molecule is CCC(=O)c1cccc(=O)[nH]1.CCCC(CCC)c1cn(C)c2ccc(NC(=O)c3cc(C#N)ccn3)cc12. The number of nitrogens with zero attached hydrogens (tertiary/aromatic N) is 3. The number of benzene rings is 1. The number of carbonyl (C=O) groups excluding carboxylic acids is 2. The fourth-order valence-corrected chi connectivity index (χ4v) is 4.60. The molecule has 0 aliphatic carbocycles. The van der Waals surface area contributed by atoms with Gasteiger partial charge in [-0.15, -0.1) is 0 Å². The van der Waals surface area contributed by atoms with Gasteiger partial charge in [-0.25, -0.2) is 0 Å². The zero-order valence-corrected chi connectivity index (χ0v) is 23.0. The average Bonchev–Trinajstić information content (AvgIpc) is 3.28. The van der Waals surface area contributed by atoms with E-state index in [0.717, 1.165) is 36.9 Å². The molecule has 0 spiro atoms. The third kappa shape index (κ3) is 7.51. The number of pyridine rings is 2. The van der Waals surface area contributed by atoms with Gasteiger partial charge in [-0.3, -0.25) is 19.4 Å². The lowest BCUT2D eigenvalue weighted by atomic mass is 9.90. The molecular formula is C31H35N5O3. The number of aromatic nitrogens is 3. The van der Waals surface area contributed by atoms with Crippen LogP contribution in [0.1, 0.15) is 90.9 Å². The molecule has 202 valence electrons. The van der Waals surface area contributed by atoms with E-state index in [1.165, 1.54) is 29.3 Å². The summed E-state index contributed by atoms with van der Waals surface area (Å²) >= 11 is 0. The molecule has 0 atom stereocenters. The van der Waals surface area contributed by atoms with Gasteiger partial charge in [-0.05, 0) is 60.7 Å². The summed E-state index contributed by atoms with van der Waals surface area (Å²) in [5.74, 6) is 0.175. The molecule has 4 rings (SSSR count). The number of aryl methyl sites for hydroxylation is 1. The lowest BCUT2D eigenvalue weighted by Gasteiger charge is -2.15. The van der Waals surface area contributed by atoms with Crippen LogP contribution in [-0.2, 0) is 7.05 Å². The smallest absolute Gasteiger partial charge is 0.274 e. The first-order valence-corrected chi connectivity index (χ1v) is 13.3. The zero-order valence-electron chi connectivity index (χ0n) is 23.0. The van der Waals surface area contributed by atoms with E-state index < -0.39 is 0 Å². The molecule has 3 heterocycles. The summed E-state index contributed by atoms with van der Waals surface area (Å²) in [4.78, 5) is 40.8. The normalized spacial score (nSPS) is 10.6. The Kier molecular flexibility index (Phi) is 10.3. The van der Waals surface area contributed by atoms with Crippen molar-refractivity contribution in [1.82, 2.24) is 14.5 Å². The van der Waals surface area contributed by atoms with Gasteiger partial charge in [0.05, 0.1) is 17.3 Å². The molecule has 0 unspecified atom stereocenters. The van der Waals surface area contributed by atoms with Crippen molar-refractivity contribution in [3.05, 3.63) is 93.8 Å².